The molecule has 3 N–H and O–H groups in total. The predicted octanol–water partition coefficient (Wildman–Crippen LogP) is 6.65. The van der Waals surface area contributed by atoms with Crippen LogP contribution >= 0.6 is 11.6 Å². The first-order valence-corrected chi connectivity index (χ1v) is 20.7. The van der Waals surface area contributed by atoms with E-state index in [-0.39, 0.29) is 35.4 Å². The first-order valence-electron chi connectivity index (χ1n) is 20.3. The summed E-state index contributed by atoms with van der Waals surface area (Å²) < 4.78 is 41.7. The first kappa shape index (κ1) is 43.0. The fourth-order valence-corrected chi connectivity index (χ4v) is 9.32. The molecule has 2 aromatic carbocycles. The van der Waals surface area contributed by atoms with Crippen LogP contribution in [0, 0.1) is 11.3 Å². The number of benzene rings is 2. The summed E-state index contributed by atoms with van der Waals surface area (Å²) in [6, 6.07) is 11.9. The van der Waals surface area contributed by atoms with Gasteiger partial charge in [-0.2, -0.15) is 18.3 Å². The van der Waals surface area contributed by atoms with E-state index >= 15 is 0 Å². The van der Waals surface area contributed by atoms with E-state index in [0.717, 1.165) is 75.7 Å². The maximum Gasteiger partial charge on any atom is 0.433 e. The molecular formula is C43H50ClF3N8O5. The Bertz CT molecular complexity index is 2250. The maximum atomic E-state index is 13.5. The topological polar surface area (TPSA) is 153 Å². The van der Waals surface area contributed by atoms with Crippen molar-refractivity contribution in [1.82, 2.24) is 29.9 Å². The normalized spacial score (nSPS) is 17.7. The van der Waals surface area contributed by atoms with Crippen LogP contribution in [0.15, 0.2) is 54.7 Å². The van der Waals surface area contributed by atoms with Gasteiger partial charge in [0.25, 0.3) is 11.8 Å². The number of alkyl halides is 3. The molecule has 4 heterocycles. The van der Waals surface area contributed by atoms with Crippen molar-refractivity contribution >= 4 is 58.0 Å². The molecule has 17 heteroatoms. The third-order valence-corrected chi connectivity index (χ3v) is 12.7. The summed E-state index contributed by atoms with van der Waals surface area (Å²) in [6.45, 7) is 7.76. The number of nitrogens with one attached hydrogen (secondary N) is 2. The van der Waals surface area contributed by atoms with Gasteiger partial charge in [-0.1, -0.05) is 17.7 Å². The molecule has 60 heavy (non-hydrogen) atoms. The van der Waals surface area contributed by atoms with Gasteiger partial charge in [0.05, 0.1) is 27.9 Å². The Balaban J connectivity index is 0.897. The lowest BCUT2D eigenvalue weighted by atomic mass is 9.57. The molecule has 7 rings (SSSR count). The highest BCUT2D eigenvalue weighted by molar-refractivity contribution is 6.33. The van der Waals surface area contributed by atoms with Gasteiger partial charge in [-0.25, -0.2) is 4.98 Å². The van der Waals surface area contributed by atoms with Gasteiger partial charge in [0.2, 0.25) is 12.3 Å². The maximum absolute atomic E-state index is 13.5. The SMILES string of the molecule is CN(CCC(=O)NC=O)c1cc(C(=O)N2CCC3(CC2)CC(CN2CCC(n4cc5cc(NC(=O)c6cccc(C(F)(F)F)n6)c(C(C)(C)O)cc5n4)CC2)C3)ccc1Cl. The summed E-state index contributed by atoms with van der Waals surface area (Å²) in [4.78, 5) is 58.6. The Morgan fingerprint density at radius 2 is 1.75 bits per heavy atom. The molecule has 1 spiro atoms. The molecule has 13 nitrogen and oxygen atoms in total. The van der Waals surface area contributed by atoms with Crippen LogP contribution in [0.2, 0.25) is 5.02 Å². The van der Waals surface area contributed by atoms with Gasteiger partial charge in [-0.05, 0) is 106 Å². The highest BCUT2D eigenvalue weighted by Gasteiger charge is 2.47. The second kappa shape index (κ2) is 17.1. The molecule has 2 saturated heterocycles. The lowest BCUT2D eigenvalue weighted by Crippen LogP contribution is -2.51. The Morgan fingerprint density at radius 3 is 2.42 bits per heavy atom. The summed E-state index contributed by atoms with van der Waals surface area (Å²) in [6.07, 6.45) is 3.75. The summed E-state index contributed by atoms with van der Waals surface area (Å²) in [5.74, 6) is -0.633. The summed E-state index contributed by atoms with van der Waals surface area (Å²) in [5.41, 5.74) is -0.191. The molecular weight excluding hydrogens is 801 g/mol. The van der Waals surface area contributed by atoms with E-state index in [1.54, 1.807) is 56.1 Å². The van der Waals surface area contributed by atoms with Gasteiger partial charge in [-0.3, -0.25) is 29.2 Å². The minimum atomic E-state index is -4.70. The van der Waals surface area contributed by atoms with Crippen LogP contribution in [0.25, 0.3) is 10.9 Å². The minimum absolute atomic E-state index is 0.0323. The Kier molecular flexibility index (Phi) is 12.3. The Morgan fingerprint density at radius 1 is 1.03 bits per heavy atom. The molecule has 4 amide bonds. The zero-order chi connectivity index (χ0) is 43.0. The molecule has 0 unspecified atom stereocenters. The lowest BCUT2D eigenvalue weighted by molar-refractivity contribution is -0.141. The van der Waals surface area contributed by atoms with Crippen LogP contribution in [0.1, 0.15) is 96.9 Å². The van der Waals surface area contributed by atoms with Crippen LogP contribution in [0.3, 0.4) is 0 Å². The van der Waals surface area contributed by atoms with E-state index in [0.29, 0.717) is 59.3 Å². The van der Waals surface area contributed by atoms with Crippen LogP contribution in [0.5, 0.6) is 0 Å². The molecule has 0 atom stereocenters. The summed E-state index contributed by atoms with van der Waals surface area (Å²) >= 11 is 6.45. The number of aliphatic hydroxyl groups is 1. The molecule has 2 aliphatic heterocycles. The molecule has 0 bridgehead atoms. The number of fused-ring (bicyclic) bond motifs is 1. The fraction of sp³-hybridized carbons (Fsp3) is 0.488. The quantitative estimate of drug-likeness (QED) is 0.133. The molecule has 3 aliphatic rings. The Labute approximate surface area is 351 Å². The first-order chi connectivity index (χ1) is 28.4. The largest absolute Gasteiger partial charge is 0.433 e. The number of halogens is 4. The average Bonchev–Trinajstić information content (AvgIpc) is 3.62. The van der Waals surface area contributed by atoms with E-state index in [2.05, 4.69) is 20.5 Å². The van der Waals surface area contributed by atoms with E-state index in [1.165, 1.54) is 6.07 Å². The van der Waals surface area contributed by atoms with Crippen LogP contribution in [0.4, 0.5) is 24.5 Å². The van der Waals surface area contributed by atoms with E-state index in [1.807, 2.05) is 15.8 Å². The molecule has 3 fully saturated rings. The van der Waals surface area contributed by atoms with Crippen LogP contribution in [-0.2, 0) is 21.4 Å². The smallest absolute Gasteiger partial charge is 0.386 e. The average molecular weight is 851 g/mol. The molecule has 320 valence electrons. The number of hydrogen-bond donors (Lipinski definition) is 3. The number of rotatable bonds is 12. The zero-order valence-electron chi connectivity index (χ0n) is 33.9. The molecule has 1 aliphatic carbocycles. The highest BCUT2D eigenvalue weighted by Crippen LogP contribution is 2.53. The number of pyridine rings is 1. The minimum Gasteiger partial charge on any atom is -0.386 e. The monoisotopic (exact) mass is 850 g/mol. The van der Waals surface area contributed by atoms with Crippen LogP contribution < -0.4 is 15.5 Å². The number of nitrogens with zero attached hydrogens (tertiary/aromatic N) is 6. The lowest BCUT2D eigenvalue weighted by Gasteiger charge is -2.53. The number of carbonyl (C=O) groups is 4. The molecule has 2 aromatic heterocycles. The van der Waals surface area contributed by atoms with Gasteiger partial charge in [-0.15, -0.1) is 0 Å². The van der Waals surface area contributed by atoms with Gasteiger partial charge in [0.1, 0.15) is 11.4 Å². The number of amides is 4. The summed E-state index contributed by atoms with van der Waals surface area (Å²) in [7, 11) is 1.79. The van der Waals surface area contributed by atoms with E-state index in [4.69, 9.17) is 16.7 Å². The van der Waals surface area contributed by atoms with Crippen molar-refractivity contribution in [1.29, 1.82) is 0 Å². The number of piperidine rings is 2. The van der Waals surface area contributed by atoms with Crippen molar-refractivity contribution < 1.29 is 37.5 Å². The van der Waals surface area contributed by atoms with Crippen molar-refractivity contribution in [2.45, 2.75) is 76.6 Å². The van der Waals surface area contributed by atoms with Gasteiger partial charge in [0, 0.05) is 81.1 Å². The number of aromatic nitrogens is 3. The third-order valence-electron chi connectivity index (χ3n) is 12.3. The molecule has 1 saturated carbocycles. The number of likely N-dealkylation sites (tertiary alicyclic amines) is 2. The van der Waals surface area contributed by atoms with E-state index in [9.17, 15) is 37.5 Å². The van der Waals surface area contributed by atoms with Crippen molar-refractivity contribution in [2.75, 3.05) is 56.5 Å². The second-order valence-corrected chi connectivity index (χ2v) is 17.5. The number of carbonyl (C=O) groups excluding carboxylic acids is 4. The standard InChI is InChI=1S/C43H50ClF3N8O5/c1-41(2,60)31-21-34-29(19-35(31)50-39(58)33-5-4-6-37(49-33)43(45,46)47)25-55(51-34)30-9-15-53(16-10-30)24-27-22-42(23-27)12-17-54(18-13-42)40(59)28-7-8-32(44)36(20-28)52(3)14-11-38(57)48-26-56/h4-8,19-21,25-27,30,60H,9-18,22-24H2,1-3H3,(H,50,58)(H,48,56,57). The van der Waals surface area contributed by atoms with Crippen molar-refractivity contribution in [3.63, 3.8) is 0 Å². The Hall–Kier alpha value is -5.06. The van der Waals surface area contributed by atoms with Crippen molar-refractivity contribution in [2.24, 2.45) is 11.3 Å². The van der Waals surface area contributed by atoms with Crippen molar-refractivity contribution in [3.05, 3.63) is 82.3 Å². The third kappa shape index (κ3) is 9.60. The van der Waals surface area contributed by atoms with Crippen molar-refractivity contribution in [3.8, 4) is 0 Å². The second-order valence-electron chi connectivity index (χ2n) is 17.1. The molecule has 0 radical (unpaired) electrons. The zero-order valence-corrected chi connectivity index (χ0v) is 34.7. The molecule has 4 aromatic rings. The predicted molar refractivity (Wildman–Crippen MR) is 221 cm³/mol. The van der Waals surface area contributed by atoms with Gasteiger partial charge >= 0.3 is 6.18 Å². The highest BCUT2D eigenvalue weighted by atomic mass is 35.5. The number of hydrogen-bond acceptors (Lipinski definition) is 9. The number of anilines is 2. The summed E-state index contributed by atoms with van der Waals surface area (Å²) in [5, 5.41) is 21.8. The number of imide groups is 1. The van der Waals surface area contributed by atoms with Crippen LogP contribution in [-0.4, -0.2) is 100 Å². The van der Waals surface area contributed by atoms with Gasteiger partial charge < -0.3 is 25.1 Å². The fourth-order valence-electron chi connectivity index (χ4n) is 9.06. The van der Waals surface area contributed by atoms with Gasteiger partial charge in [0.15, 0.2) is 0 Å². The van der Waals surface area contributed by atoms with E-state index < -0.39 is 29.1 Å².